The monoisotopic (exact) mass is 390 g/mol. The number of carbonyl (C=O) groups excluding carboxylic acids is 1. The van der Waals surface area contributed by atoms with E-state index in [1.807, 2.05) is 56.3 Å². The van der Waals surface area contributed by atoms with Gasteiger partial charge in [-0.25, -0.2) is 4.68 Å². The summed E-state index contributed by atoms with van der Waals surface area (Å²) < 4.78 is 1.61. The van der Waals surface area contributed by atoms with Crippen molar-refractivity contribution in [1.29, 1.82) is 0 Å². The minimum Gasteiger partial charge on any atom is -0.344 e. The van der Waals surface area contributed by atoms with Crippen molar-refractivity contribution in [1.82, 2.24) is 30.5 Å². The maximum absolute atomic E-state index is 12.4. The average Bonchev–Trinajstić information content (AvgIpc) is 3.37. The highest BCUT2D eigenvalue weighted by molar-refractivity contribution is 7.14. The Labute approximate surface area is 166 Å². The van der Waals surface area contributed by atoms with Crippen LogP contribution in [0.15, 0.2) is 54.7 Å². The molecule has 0 aliphatic rings. The van der Waals surface area contributed by atoms with E-state index in [2.05, 4.69) is 31.9 Å². The highest BCUT2D eigenvalue weighted by atomic mass is 32.1. The van der Waals surface area contributed by atoms with E-state index in [0.717, 1.165) is 26.8 Å². The average molecular weight is 390 g/mol. The minimum absolute atomic E-state index is 0.257. The molecule has 0 radical (unpaired) electrons. The van der Waals surface area contributed by atoms with Crippen molar-refractivity contribution in [2.75, 3.05) is 0 Å². The smallest absolute Gasteiger partial charge is 0.273 e. The molecule has 28 heavy (non-hydrogen) atoms. The third-order valence-corrected chi connectivity index (χ3v) is 5.19. The Hall–Kier alpha value is -3.39. The molecule has 0 saturated heterocycles. The SMILES string of the molecule is Cc1ccc(-n2cc(C(=O)NCc3nnc(-c4ccccc4)s3)nn2)c(C)c1. The number of aryl methyl sites for hydroxylation is 2. The fourth-order valence-corrected chi connectivity index (χ4v) is 3.60. The fourth-order valence-electron chi connectivity index (χ4n) is 2.82. The van der Waals surface area contributed by atoms with Crippen molar-refractivity contribution in [3.63, 3.8) is 0 Å². The first-order valence-electron chi connectivity index (χ1n) is 8.76. The first-order valence-corrected chi connectivity index (χ1v) is 9.58. The molecule has 7 nitrogen and oxygen atoms in total. The Balaban J connectivity index is 1.42. The normalized spacial score (nSPS) is 10.8. The van der Waals surface area contributed by atoms with Crippen LogP contribution in [0.3, 0.4) is 0 Å². The van der Waals surface area contributed by atoms with E-state index in [0.29, 0.717) is 6.54 Å². The molecule has 0 spiro atoms. The summed E-state index contributed by atoms with van der Waals surface area (Å²) in [4.78, 5) is 12.4. The third-order valence-electron chi connectivity index (χ3n) is 4.21. The van der Waals surface area contributed by atoms with Crippen LogP contribution in [0.25, 0.3) is 16.3 Å². The van der Waals surface area contributed by atoms with Gasteiger partial charge >= 0.3 is 0 Å². The second kappa shape index (κ2) is 7.69. The van der Waals surface area contributed by atoms with Gasteiger partial charge in [0, 0.05) is 5.56 Å². The van der Waals surface area contributed by atoms with Crippen molar-refractivity contribution in [2.45, 2.75) is 20.4 Å². The third kappa shape index (κ3) is 3.81. The Morgan fingerprint density at radius 2 is 1.89 bits per heavy atom. The van der Waals surface area contributed by atoms with Gasteiger partial charge in [-0.1, -0.05) is 64.6 Å². The topological polar surface area (TPSA) is 85.6 Å². The van der Waals surface area contributed by atoms with Gasteiger partial charge < -0.3 is 5.32 Å². The Kier molecular flexibility index (Phi) is 4.94. The molecule has 0 atom stereocenters. The van der Waals surface area contributed by atoms with Gasteiger partial charge in [0.25, 0.3) is 5.91 Å². The van der Waals surface area contributed by atoms with Gasteiger partial charge in [-0.3, -0.25) is 4.79 Å². The predicted octanol–water partition coefficient (Wildman–Crippen LogP) is 3.33. The first-order chi connectivity index (χ1) is 13.6. The largest absolute Gasteiger partial charge is 0.344 e. The summed E-state index contributed by atoms with van der Waals surface area (Å²) >= 11 is 1.45. The molecule has 2 aromatic heterocycles. The first kappa shape index (κ1) is 18.0. The molecule has 0 aliphatic carbocycles. The molecule has 1 N–H and O–H groups in total. The Morgan fingerprint density at radius 3 is 2.68 bits per heavy atom. The van der Waals surface area contributed by atoms with Crippen molar-refractivity contribution < 1.29 is 4.79 Å². The number of nitrogens with one attached hydrogen (secondary N) is 1. The summed E-state index contributed by atoms with van der Waals surface area (Å²) in [6.07, 6.45) is 1.63. The number of benzene rings is 2. The molecule has 4 aromatic rings. The van der Waals surface area contributed by atoms with Gasteiger partial charge in [-0.15, -0.1) is 15.3 Å². The summed E-state index contributed by atoms with van der Waals surface area (Å²) in [6, 6.07) is 15.9. The van der Waals surface area contributed by atoms with E-state index >= 15 is 0 Å². The summed E-state index contributed by atoms with van der Waals surface area (Å²) in [5.74, 6) is -0.299. The lowest BCUT2D eigenvalue weighted by Gasteiger charge is -2.05. The van der Waals surface area contributed by atoms with Crippen molar-refractivity contribution in [3.05, 3.63) is 76.6 Å². The molecular formula is C20H18N6OS. The molecule has 0 bridgehead atoms. The van der Waals surface area contributed by atoms with Crippen LogP contribution in [0.1, 0.15) is 26.6 Å². The highest BCUT2D eigenvalue weighted by Gasteiger charge is 2.14. The van der Waals surface area contributed by atoms with Gasteiger partial charge in [-0.05, 0) is 25.5 Å². The van der Waals surface area contributed by atoms with Crippen molar-refractivity contribution in [3.8, 4) is 16.3 Å². The molecule has 8 heteroatoms. The van der Waals surface area contributed by atoms with E-state index < -0.39 is 0 Å². The van der Waals surface area contributed by atoms with E-state index in [1.54, 1.807) is 10.9 Å². The molecule has 0 fully saturated rings. The Bertz CT molecular complexity index is 1120. The number of hydrogen-bond acceptors (Lipinski definition) is 6. The molecule has 2 heterocycles. The number of hydrogen-bond donors (Lipinski definition) is 1. The number of rotatable bonds is 5. The summed E-state index contributed by atoms with van der Waals surface area (Å²) in [7, 11) is 0. The number of amides is 1. The second-order valence-corrected chi connectivity index (χ2v) is 7.45. The zero-order chi connectivity index (χ0) is 19.5. The molecule has 2 aromatic carbocycles. The zero-order valence-corrected chi connectivity index (χ0v) is 16.3. The maximum Gasteiger partial charge on any atom is 0.273 e. The molecule has 0 unspecified atom stereocenters. The van der Waals surface area contributed by atoms with Crippen molar-refractivity contribution in [2.24, 2.45) is 0 Å². The van der Waals surface area contributed by atoms with Crippen LogP contribution in [0.4, 0.5) is 0 Å². The van der Waals surface area contributed by atoms with Gasteiger partial charge in [0.15, 0.2) is 5.69 Å². The Morgan fingerprint density at radius 1 is 1.07 bits per heavy atom. The van der Waals surface area contributed by atoms with Crippen LogP contribution in [-0.4, -0.2) is 31.1 Å². The summed E-state index contributed by atoms with van der Waals surface area (Å²) in [6.45, 7) is 4.33. The molecule has 0 aliphatic heterocycles. The number of aromatic nitrogens is 5. The van der Waals surface area contributed by atoms with Gasteiger partial charge in [0.2, 0.25) is 0 Å². The maximum atomic E-state index is 12.4. The van der Waals surface area contributed by atoms with E-state index in [1.165, 1.54) is 16.9 Å². The van der Waals surface area contributed by atoms with Crippen LogP contribution >= 0.6 is 11.3 Å². The number of nitrogens with zero attached hydrogens (tertiary/aromatic N) is 5. The minimum atomic E-state index is -0.299. The lowest BCUT2D eigenvalue weighted by atomic mass is 10.1. The van der Waals surface area contributed by atoms with Crippen LogP contribution in [-0.2, 0) is 6.54 Å². The van der Waals surface area contributed by atoms with Crippen LogP contribution in [0.5, 0.6) is 0 Å². The molecular weight excluding hydrogens is 372 g/mol. The van der Waals surface area contributed by atoms with E-state index in [-0.39, 0.29) is 11.6 Å². The zero-order valence-electron chi connectivity index (χ0n) is 15.5. The van der Waals surface area contributed by atoms with Gasteiger partial charge in [0.1, 0.15) is 10.0 Å². The van der Waals surface area contributed by atoms with Gasteiger partial charge in [-0.2, -0.15) is 0 Å². The fraction of sp³-hybridized carbons (Fsp3) is 0.150. The highest BCUT2D eigenvalue weighted by Crippen LogP contribution is 2.22. The quantitative estimate of drug-likeness (QED) is 0.565. The van der Waals surface area contributed by atoms with E-state index in [4.69, 9.17) is 0 Å². The summed E-state index contributed by atoms with van der Waals surface area (Å²) in [5.41, 5.74) is 4.40. The van der Waals surface area contributed by atoms with Crippen LogP contribution < -0.4 is 5.32 Å². The molecule has 0 saturated carbocycles. The predicted molar refractivity (Wildman–Crippen MR) is 107 cm³/mol. The van der Waals surface area contributed by atoms with E-state index in [9.17, 15) is 4.79 Å². The molecule has 4 rings (SSSR count). The molecule has 1 amide bonds. The lowest BCUT2D eigenvalue weighted by Crippen LogP contribution is -2.23. The second-order valence-electron chi connectivity index (χ2n) is 6.39. The summed E-state index contributed by atoms with van der Waals surface area (Å²) in [5, 5.41) is 20.8. The number of carbonyl (C=O) groups is 1. The lowest BCUT2D eigenvalue weighted by molar-refractivity contribution is 0.0945. The van der Waals surface area contributed by atoms with Gasteiger partial charge in [0.05, 0.1) is 18.4 Å². The standard InChI is InChI=1S/C20H18N6OS/c1-13-8-9-17(14(2)10-13)26-12-16(22-25-26)19(27)21-11-18-23-24-20(28-18)15-6-4-3-5-7-15/h3-10,12H,11H2,1-2H3,(H,21,27). The van der Waals surface area contributed by atoms with Crippen LogP contribution in [0.2, 0.25) is 0 Å². The van der Waals surface area contributed by atoms with Crippen LogP contribution in [0, 0.1) is 13.8 Å². The molecule has 140 valence electrons. The van der Waals surface area contributed by atoms with Crippen molar-refractivity contribution >= 4 is 17.2 Å².